The number of carbonyl (C=O) groups is 1. The van der Waals surface area contributed by atoms with Crippen molar-refractivity contribution in [2.24, 2.45) is 5.92 Å². The van der Waals surface area contributed by atoms with Gasteiger partial charge in [0.1, 0.15) is 0 Å². The van der Waals surface area contributed by atoms with Crippen molar-refractivity contribution >= 4 is 21.9 Å². The van der Waals surface area contributed by atoms with Crippen molar-refractivity contribution in [2.75, 3.05) is 7.11 Å². The van der Waals surface area contributed by atoms with Crippen LogP contribution in [0.1, 0.15) is 6.92 Å². The van der Waals surface area contributed by atoms with Gasteiger partial charge in [0.2, 0.25) is 0 Å². The van der Waals surface area contributed by atoms with Crippen LogP contribution in [0.3, 0.4) is 0 Å². The summed E-state index contributed by atoms with van der Waals surface area (Å²) in [6.45, 7) is 2.05. The molecule has 1 atom stereocenters. The van der Waals surface area contributed by atoms with Crippen molar-refractivity contribution in [1.82, 2.24) is 4.57 Å². The molecule has 1 heterocycles. The number of nitrogens with zero attached hydrogens (tertiary/aromatic N) is 1. The second kappa shape index (κ2) is 5.11. The zero-order chi connectivity index (χ0) is 11.4. The maximum atomic E-state index is 11.5. The molecule has 4 nitrogen and oxygen atoms in total. The number of esters is 1. The van der Waals surface area contributed by atoms with Gasteiger partial charge in [-0.2, -0.15) is 0 Å². The van der Waals surface area contributed by atoms with Gasteiger partial charge in [-0.25, -0.2) is 0 Å². The van der Waals surface area contributed by atoms with Crippen molar-refractivity contribution in [3.05, 3.63) is 33.2 Å². The molecule has 0 saturated heterocycles. The number of methoxy groups -OCH3 is 1. The Bertz CT molecular complexity index is 413. The van der Waals surface area contributed by atoms with Crippen LogP contribution in [0.2, 0.25) is 0 Å². The number of carbonyl (C=O) groups excluding carboxylic acids is 1. The maximum absolute atomic E-state index is 11.5. The predicted molar refractivity (Wildman–Crippen MR) is 59.6 cm³/mol. The molecule has 5 heteroatoms. The molecule has 0 aliphatic carbocycles. The Balaban J connectivity index is 2.81. The number of hydrogen-bond acceptors (Lipinski definition) is 3. The molecule has 0 aliphatic rings. The van der Waals surface area contributed by atoms with Crippen LogP contribution < -0.4 is 5.56 Å². The number of ether oxygens (including phenoxy) is 1. The van der Waals surface area contributed by atoms with Crippen molar-refractivity contribution in [3.63, 3.8) is 0 Å². The summed E-state index contributed by atoms with van der Waals surface area (Å²) in [7, 11) is 1.34. The highest BCUT2D eigenvalue weighted by atomic mass is 79.9. The molecule has 1 aromatic heterocycles. The van der Waals surface area contributed by atoms with Crippen LogP contribution in [0.5, 0.6) is 0 Å². The lowest BCUT2D eigenvalue weighted by atomic mass is 10.2. The van der Waals surface area contributed by atoms with Gasteiger partial charge >= 0.3 is 5.97 Å². The lowest BCUT2D eigenvalue weighted by molar-refractivity contribution is -0.145. The molecule has 0 aromatic carbocycles. The van der Waals surface area contributed by atoms with E-state index in [1.165, 1.54) is 17.7 Å². The van der Waals surface area contributed by atoms with Crippen LogP contribution in [0.4, 0.5) is 0 Å². The van der Waals surface area contributed by atoms with E-state index in [-0.39, 0.29) is 17.4 Å². The minimum Gasteiger partial charge on any atom is -0.469 e. The Labute approximate surface area is 96.0 Å². The van der Waals surface area contributed by atoms with Crippen LogP contribution in [0.25, 0.3) is 0 Å². The molecule has 0 saturated carbocycles. The van der Waals surface area contributed by atoms with Gasteiger partial charge in [0.05, 0.1) is 13.0 Å². The van der Waals surface area contributed by atoms with Gasteiger partial charge < -0.3 is 9.30 Å². The van der Waals surface area contributed by atoms with Crippen LogP contribution in [0, 0.1) is 5.92 Å². The van der Waals surface area contributed by atoms with Crippen LogP contribution >= 0.6 is 15.9 Å². The highest BCUT2D eigenvalue weighted by Crippen LogP contribution is 2.06. The monoisotopic (exact) mass is 273 g/mol. The fourth-order valence-corrected chi connectivity index (χ4v) is 1.52. The number of aromatic nitrogens is 1. The van der Waals surface area contributed by atoms with E-state index in [1.54, 1.807) is 19.2 Å². The Morgan fingerprint density at radius 2 is 2.33 bits per heavy atom. The summed E-state index contributed by atoms with van der Waals surface area (Å²) in [6, 6.07) is 3.22. The summed E-state index contributed by atoms with van der Waals surface area (Å²) in [4.78, 5) is 22.6. The third-order valence-corrected chi connectivity index (χ3v) is 2.53. The lowest BCUT2D eigenvalue weighted by Crippen LogP contribution is -2.26. The average Bonchev–Trinajstić information content (AvgIpc) is 2.20. The maximum Gasteiger partial charge on any atom is 0.310 e. The van der Waals surface area contributed by atoms with Gasteiger partial charge in [-0.15, -0.1) is 0 Å². The Morgan fingerprint density at radius 3 is 2.87 bits per heavy atom. The summed E-state index contributed by atoms with van der Waals surface area (Å²) in [5, 5.41) is 0. The number of halogens is 1. The molecule has 0 fully saturated rings. The van der Waals surface area contributed by atoms with Gasteiger partial charge in [-0.05, 0) is 6.07 Å². The van der Waals surface area contributed by atoms with Crippen molar-refractivity contribution in [1.29, 1.82) is 0 Å². The van der Waals surface area contributed by atoms with Crippen molar-refractivity contribution in [2.45, 2.75) is 13.5 Å². The Hall–Kier alpha value is -1.10. The molecule has 0 unspecified atom stereocenters. The first-order valence-corrected chi connectivity index (χ1v) is 5.27. The number of rotatable bonds is 3. The van der Waals surface area contributed by atoms with Gasteiger partial charge in [0.15, 0.2) is 0 Å². The molecule has 0 bridgehead atoms. The summed E-state index contributed by atoms with van der Waals surface area (Å²) in [6.07, 6.45) is 1.64. The van der Waals surface area contributed by atoms with Gasteiger partial charge in [-0.1, -0.05) is 22.9 Å². The quantitative estimate of drug-likeness (QED) is 0.783. The van der Waals surface area contributed by atoms with E-state index < -0.39 is 0 Å². The summed E-state index contributed by atoms with van der Waals surface area (Å²) in [5.74, 6) is -0.640. The smallest absolute Gasteiger partial charge is 0.310 e. The van der Waals surface area contributed by atoms with Crippen molar-refractivity contribution in [3.8, 4) is 0 Å². The predicted octanol–water partition coefficient (Wildman–Crippen LogP) is 1.42. The fraction of sp³-hybridized carbons (Fsp3) is 0.400. The first-order valence-electron chi connectivity index (χ1n) is 4.48. The first-order chi connectivity index (χ1) is 7.04. The minimum absolute atomic E-state index is 0.139. The molecule has 0 N–H and O–H groups in total. The minimum atomic E-state index is -0.325. The standard InChI is InChI=1S/C10H12BrNO3/c1-7(10(14)15-2)6-12-4-3-8(11)5-9(12)13/h3-5,7H,6H2,1-2H3/t7-/m0/s1. The third-order valence-electron chi connectivity index (χ3n) is 2.03. The number of hydrogen-bond donors (Lipinski definition) is 0. The molecule has 0 aliphatic heterocycles. The highest BCUT2D eigenvalue weighted by Gasteiger charge is 2.13. The summed E-state index contributed by atoms with van der Waals surface area (Å²) >= 11 is 3.20. The Kier molecular flexibility index (Phi) is 4.08. The molecule has 0 spiro atoms. The summed E-state index contributed by atoms with van der Waals surface area (Å²) in [5.41, 5.74) is -0.139. The normalized spacial score (nSPS) is 12.2. The van der Waals surface area contributed by atoms with E-state index in [0.717, 1.165) is 4.47 Å². The zero-order valence-electron chi connectivity index (χ0n) is 8.57. The first kappa shape index (κ1) is 12.0. The Morgan fingerprint density at radius 1 is 1.67 bits per heavy atom. The fourth-order valence-electron chi connectivity index (χ4n) is 1.21. The van der Waals surface area contributed by atoms with E-state index in [2.05, 4.69) is 20.7 Å². The van der Waals surface area contributed by atoms with E-state index in [1.807, 2.05) is 0 Å². The molecule has 1 aromatic rings. The van der Waals surface area contributed by atoms with Gasteiger partial charge in [-0.3, -0.25) is 9.59 Å². The molecular weight excluding hydrogens is 262 g/mol. The highest BCUT2D eigenvalue weighted by molar-refractivity contribution is 9.10. The second-order valence-electron chi connectivity index (χ2n) is 3.26. The molecule has 1 rings (SSSR count). The molecule has 0 amide bonds. The SMILES string of the molecule is COC(=O)[C@@H](C)Cn1ccc(Br)cc1=O. The van der Waals surface area contributed by atoms with Crippen LogP contribution in [-0.2, 0) is 16.1 Å². The third kappa shape index (κ3) is 3.20. The van der Waals surface area contributed by atoms with E-state index in [4.69, 9.17) is 0 Å². The van der Waals surface area contributed by atoms with Gasteiger partial charge in [0.25, 0.3) is 5.56 Å². The van der Waals surface area contributed by atoms with Crippen molar-refractivity contribution < 1.29 is 9.53 Å². The lowest BCUT2D eigenvalue weighted by Gasteiger charge is -2.10. The largest absolute Gasteiger partial charge is 0.469 e. The van der Waals surface area contributed by atoms with Crippen LogP contribution in [0.15, 0.2) is 27.6 Å². The van der Waals surface area contributed by atoms with E-state index >= 15 is 0 Å². The van der Waals surface area contributed by atoms with E-state index in [0.29, 0.717) is 6.54 Å². The van der Waals surface area contributed by atoms with Gasteiger partial charge in [0, 0.05) is 23.3 Å². The number of pyridine rings is 1. The molecule has 15 heavy (non-hydrogen) atoms. The zero-order valence-corrected chi connectivity index (χ0v) is 10.2. The summed E-state index contributed by atoms with van der Waals surface area (Å²) < 4.78 is 6.79. The topological polar surface area (TPSA) is 48.3 Å². The average molecular weight is 274 g/mol. The molecular formula is C10H12BrNO3. The van der Waals surface area contributed by atoms with E-state index in [9.17, 15) is 9.59 Å². The van der Waals surface area contributed by atoms with Crippen LogP contribution in [-0.4, -0.2) is 17.6 Å². The molecule has 82 valence electrons. The molecule has 0 radical (unpaired) electrons. The second-order valence-corrected chi connectivity index (χ2v) is 4.18.